The molecule has 0 heterocycles. The van der Waals surface area contributed by atoms with E-state index in [9.17, 15) is 0 Å². The number of hydrogen-bond donors (Lipinski definition) is 1. The maximum atomic E-state index is 8.21. The summed E-state index contributed by atoms with van der Waals surface area (Å²) < 4.78 is 0. The topological polar surface area (TPSA) is 20.2 Å². The smallest absolute Gasteiger partial charge is 0.0459 e. The molecule has 1 heteroatoms. The van der Waals surface area contributed by atoms with E-state index in [0.717, 1.165) is 0 Å². The van der Waals surface area contributed by atoms with Gasteiger partial charge in [0.25, 0.3) is 0 Å². The third kappa shape index (κ3) is 3.80. The minimum absolute atomic E-state index is 0.417. The van der Waals surface area contributed by atoms with E-state index in [0.29, 0.717) is 12.5 Å². The lowest BCUT2D eigenvalue weighted by Crippen LogP contribution is -1.78. The van der Waals surface area contributed by atoms with Crippen molar-refractivity contribution < 1.29 is 5.11 Å². The van der Waals surface area contributed by atoms with Crippen LogP contribution in [0.5, 0.6) is 0 Å². The average molecular weight is 102 g/mol. The summed E-state index contributed by atoms with van der Waals surface area (Å²) in [7, 11) is 0. The van der Waals surface area contributed by atoms with Crippen molar-refractivity contribution in [1.29, 1.82) is 0 Å². The molecule has 0 unspecified atom stereocenters. The summed E-state index contributed by atoms with van der Waals surface area (Å²) in [6.07, 6.45) is 2.52. The van der Waals surface area contributed by atoms with E-state index in [1.165, 1.54) is 12.8 Å². The molecule has 0 aromatic rings. The Labute approximate surface area is 45.4 Å². The summed E-state index contributed by atoms with van der Waals surface area (Å²) in [5.41, 5.74) is 0. The lowest BCUT2D eigenvalue weighted by Gasteiger charge is -1.73. The first-order chi connectivity index (χ1) is 3.43. The molecule has 1 saturated carbocycles. The first-order valence-electron chi connectivity index (χ1n) is 3.04. The fraction of sp³-hybridized carbons (Fsp3) is 1.00. The summed E-state index contributed by atoms with van der Waals surface area (Å²) in [4.78, 5) is 0. The standard InChI is InChI=1S/C4H8O.C2H6/c5-3-4-1-2-4;1-2/h4-5H,1-3H2;1-2H3. The van der Waals surface area contributed by atoms with Crippen LogP contribution in [0.15, 0.2) is 0 Å². The van der Waals surface area contributed by atoms with Gasteiger partial charge in [0.05, 0.1) is 0 Å². The second kappa shape index (κ2) is 4.13. The lowest BCUT2D eigenvalue weighted by atomic mass is 10.5. The van der Waals surface area contributed by atoms with Gasteiger partial charge in [-0.05, 0) is 18.8 Å². The predicted molar refractivity (Wildman–Crippen MR) is 31.2 cm³/mol. The molecule has 7 heavy (non-hydrogen) atoms. The number of aliphatic hydroxyl groups is 1. The molecule has 1 aliphatic carbocycles. The van der Waals surface area contributed by atoms with Crippen LogP contribution in [-0.4, -0.2) is 11.7 Å². The van der Waals surface area contributed by atoms with Gasteiger partial charge in [0.15, 0.2) is 0 Å². The molecule has 0 bridgehead atoms. The molecule has 1 aliphatic rings. The maximum absolute atomic E-state index is 8.21. The first-order valence-corrected chi connectivity index (χ1v) is 3.04. The average Bonchev–Trinajstić information content (AvgIpc) is 2.52. The molecule has 0 amide bonds. The van der Waals surface area contributed by atoms with Crippen LogP contribution in [0.25, 0.3) is 0 Å². The zero-order valence-electron chi connectivity index (χ0n) is 5.15. The van der Waals surface area contributed by atoms with E-state index in [4.69, 9.17) is 5.11 Å². The van der Waals surface area contributed by atoms with E-state index < -0.39 is 0 Å². The Morgan fingerprint density at radius 1 is 1.43 bits per heavy atom. The Morgan fingerprint density at radius 3 is 1.86 bits per heavy atom. The van der Waals surface area contributed by atoms with Crippen LogP contribution < -0.4 is 0 Å². The molecule has 0 radical (unpaired) electrons. The molecule has 0 aromatic carbocycles. The summed E-state index contributed by atoms with van der Waals surface area (Å²) in [6, 6.07) is 0. The van der Waals surface area contributed by atoms with Gasteiger partial charge in [-0.3, -0.25) is 0 Å². The molecule has 0 aliphatic heterocycles. The quantitative estimate of drug-likeness (QED) is 0.530. The summed E-state index contributed by atoms with van der Waals surface area (Å²) in [5.74, 6) is 0.690. The maximum Gasteiger partial charge on any atom is 0.0459 e. The summed E-state index contributed by atoms with van der Waals surface area (Å²) in [5, 5.41) is 8.21. The van der Waals surface area contributed by atoms with Crippen LogP contribution in [0, 0.1) is 5.92 Å². The number of hydrogen-bond acceptors (Lipinski definition) is 1. The van der Waals surface area contributed by atoms with Crippen LogP contribution in [-0.2, 0) is 0 Å². The monoisotopic (exact) mass is 102 g/mol. The van der Waals surface area contributed by atoms with E-state index in [2.05, 4.69) is 0 Å². The van der Waals surface area contributed by atoms with Gasteiger partial charge < -0.3 is 5.11 Å². The normalized spacial score (nSPS) is 17.6. The fourth-order valence-electron chi connectivity index (χ4n) is 0.300. The minimum Gasteiger partial charge on any atom is -0.396 e. The van der Waals surface area contributed by atoms with Crippen LogP contribution >= 0.6 is 0 Å². The van der Waals surface area contributed by atoms with Crippen molar-refractivity contribution in [1.82, 2.24) is 0 Å². The SMILES string of the molecule is CC.OCC1CC1. The Morgan fingerprint density at radius 2 is 1.86 bits per heavy atom. The Kier molecular flexibility index (Phi) is 4.10. The number of rotatable bonds is 1. The molecule has 0 saturated heterocycles. The zero-order valence-corrected chi connectivity index (χ0v) is 5.15. The second-order valence-corrected chi connectivity index (χ2v) is 1.63. The number of aliphatic hydroxyl groups excluding tert-OH is 1. The molecule has 1 nitrogen and oxygen atoms in total. The molecule has 0 spiro atoms. The van der Waals surface area contributed by atoms with Crippen molar-refractivity contribution in [2.75, 3.05) is 6.61 Å². The van der Waals surface area contributed by atoms with E-state index in [1.54, 1.807) is 0 Å². The highest BCUT2D eigenvalue weighted by Crippen LogP contribution is 2.27. The third-order valence-electron chi connectivity index (χ3n) is 0.955. The Hall–Kier alpha value is -0.0400. The molecule has 0 atom stereocenters. The van der Waals surface area contributed by atoms with Crippen molar-refractivity contribution in [2.45, 2.75) is 26.7 Å². The van der Waals surface area contributed by atoms with Gasteiger partial charge in [0.2, 0.25) is 0 Å². The Balaban J connectivity index is 0.000000162. The van der Waals surface area contributed by atoms with Crippen LogP contribution in [0.1, 0.15) is 26.7 Å². The van der Waals surface area contributed by atoms with E-state index in [1.807, 2.05) is 13.8 Å². The van der Waals surface area contributed by atoms with Crippen molar-refractivity contribution >= 4 is 0 Å². The zero-order chi connectivity index (χ0) is 5.70. The van der Waals surface area contributed by atoms with Gasteiger partial charge in [-0.15, -0.1) is 0 Å². The van der Waals surface area contributed by atoms with Crippen molar-refractivity contribution in [3.8, 4) is 0 Å². The third-order valence-corrected chi connectivity index (χ3v) is 0.955. The molecule has 1 fully saturated rings. The van der Waals surface area contributed by atoms with Gasteiger partial charge in [0.1, 0.15) is 0 Å². The van der Waals surface area contributed by atoms with Gasteiger partial charge >= 0.3 is 0 Å². The van der Waals surface area contributed by atoms with Crippen molar-refractivity contribution in [3.63, 3.8) is 0 Å². The summed E-state index contributed by atoms with van der Waals surface area (Å²) >= 11 is 0. The molecular weight excluding hydrogens is 88.1 g/mol. The predicted octanol–water partition coefficient (Wildman–Crippen LogP) is 1.41. The minimum atomic E-state index is 0.417. The molecule has 0 aromatic heterocycles. The van der Waals surface area contributed by atoms with Crippen molar-refractivity contribution in [2.24, 2.45) is 5.92 Å². The van der Waals surface area contributed by atoms with Crippen LogP contribution in [0.2, 0.25) is 0 Å². The second-order valence-electron chi connectivity index (χ2n) is 1.63. The Bertz CT molecular complexity index is 31.2. The van der Waals surface area contributed by atoms with Gasteiger partial charge in [0, 0.05) is 6.61 Å². The fourth-order valence-corrected chi connectivity index (χ4v) is 0.300. The lowest BCUT2D eigenvalue weighted by molar-refractivity contribution is 0.277. The molecule has 44 valence electrons. The van der Waals surface area contributed by atoms with Gasteiger partial charge in [-0.2, -0.15) is 0 Å². The summed E-state index contributed by atoms with van der Waals surface area (Å²) in [6.45, 7) is 4.42. The molecule has 1 N–H and O–H groups in total. The van der Waals surface area contributed by atoms with Crippen LogP contribution in [0.3, 0.4) is 0 Å². The first kappa shape index (κ1) is 6.96. The largest absolute Gasteiger partial charge is 0.396 e. The molecule has 1 rings (SSSR count). The van der Waals surface area contributed by atoms with Crippen molar-refractivity contribution in [3.05, 3.63) is 0 Å². The van der Waals surface area contributed by atoms with E-state index >= 15 is 0 Å². The van der Waals surface area contributed by atoms with Gasteiger partial charge in [-0.25, -0.2) is 0 Å². The van der Waals surface area contributed by atoms with Gasteiger partial charge in [-0.1, -0.05) is 13.8 Å². The molecular formula is C6H14O. The highest BCUT2D eigenvalue weighted by atomic mass is 16.3. The highest BCUT2D eigenvalue weighted by molar-refractivity contribution is 4.70. The van der Waals surface area contributed by atoms with Crippen LogP contribution in [0.4, 0.5) is 0 Å². The highest BCUT2D eigenvalue weighted by Gasteiger charge is 2.18. The van der Waals surface area contributed by atoms with E-state index in [-0.39, 0.29) is 0 Å².